The number of rotatable bonds is 5. The summed E-state index contributed by atoms with van der Waals surface area (Å²) in [6, 6.07) is 19.4. The number of hydrogen-bond acceptors (Lipinski definition) is 5. The maximum Gasteiger partial charge on any atom is 0.345 e. The van der Waals surface area contributed by atoms with Gasteiger partial charge in [0.2, 0.25) is 0 Å². The molecular formula is C22H15Cl2N3O4. The van der Waals surface area contributed by atoms with Gasteiger partial charge in [0.15, 0.2) is 0 Å². The molecule has 2 N–H and O–H groups in total. The number of nitrogens with one attached hydrogen (secondary N) is 2. The van der Waals surface area contributed by atoms with E-state index in [1.807, 2.05) is 0 Å². The molecule has 0 aliphatic carbocycles. The van der Waals surface area contributed by atoms with Gasteiger partial charge in [-0.25, -0.2) is 10.2 Å². The predicted molar refractivity (Wildman–Crippen MR) is 119 cm³/mol. The van der Waals surface area contributed by atoms with Crippen molar-refractivity contribution < 1.29 is 19.1 Å². The Hall–Kier alpha value is -3.68. The van der Waals surface area contributed by atoms with Crippen LogP contribution >= 0.6 is 23.2 Å². The molecule has 0 bridgehead atoms. The predicted octanol–water partition coefficient (Wildman–Crippen LogP) is 4.30. The van der Waals surface area contributed by atoms with Gasteiger partial charge in [-0.15, -0.1) is 0 Å². The quantitative estimate of drug-likeness (QED) is 0.197. The molecule has 3 aromatic rings. The summed E-state index contributed by atoms with van der Waals surface area (Å²) < 4.78 is 5.31. The van der Waals surface area contributed by atoms with Crippen molar-refractivity contribution >= 4 is 52.9 Å². The van der Waals surface area contributed by atoms with Crippen LogP contribution in [0.1, 0.15) is 15.9 Å². The molecule has 0 saturated heterocycles. The van der Waals surface area contributed by atoms with Gasteiger partial charge in [-0.3, -0.25) is 9.59 Å². The third-order valence-corrected chi connectivity index (χ3v) is 4.39. The number of ether oxygens (including phenoxy) is 1. The summed E-state index contributed by atoms with van der Waals surface area (Å²) >= 11 is 11.8. The second-order valence-electron chi connectivity index (χ2n) is 6.11. The van der Waals surface area contributed by atoms with Gasteiger partial charge in [-0.05, 0) is 48.0 Å². The molecule has 0 saturated carbocycles. The third-order valence-electron chi connectivity index (χ3n) is 3.84. The Kier molecular flexibility index (Phi) is 7.37. The number of halogens is 2. The molecule has 3 rings (SSSR count). The number of para-hydroxylation sites is 1. The molecule has 9 heteroatoms. The Bertz CT molecular complexity index is 1150. The van der Waals surface area contributed by atoms with E-state index in [0.717, 1.165) is 0 Å². The van der Waals surface area contributed by atoms with Gasteiger partial charge in [-0.1, -0.05) is 53.5 Å². The Balaban J connectivity index is 1.58. The van der Waals surface area contributed by atoms with E-state index in [1.54, 1.807) is 48.5 Å². The maximum absolute atomic E-state index is 12.3. The molecule has 0 heterocycles. The standard InChI is InChI=1S/C22H15Cl2N3O4/c23-15-9-10-18(19(24)12-15)22(30)31-17-8-4-5-14(11-17)13-25-27-21(29)20(28)26-16-6-2-1-3-7-16/h1-13H,(H,26,28)(H,27,29)/b25-13+. The van der Waals surface area contributed by atoms with Gasteiger partial charge in [0.1, 0.15) is 5.75 Å². The molecule has 7 nitrogen and oxygen atoms in total. The summed E-state index contributed by atoms with van der Waals surface area (Å²) in [5, 5.41) is 6.76. The lowest BCUT2D eigenvalue weighted by atomic mass is 10.2. The lowest BCUT2D eigenvalue weighted by Crippen LogP contribution is -2.32. The van der Waals surface area contributed by atoms with Crippen molar-refractivity contribution in [1.82, 2.24) is 5.43 Å². The first-order valence-corrected chi connectivity index (χ1v) is 9.65. The zero-order valence-electron chi connectivity index (χ0n) is 15.8. The van der Waals surface area contributed by atoms with Crippen LogP contribution < -0.4 is 15.5 Å². The summed E-state index contributed by atoms with van der Waals surface area (Å²) in [6.45, 7) is 0. The molecule has 0 aliphatic rings. The highest BCUT2D eigenvalue weighted by Gasteiger charge is 2.14. The number of carbonyl (C=O) groups excluding carboxylic acids is 3. The van der Waals surface area contributed by atoms with Crippen LogP contribution in [0.4, 0.5) is 5.69 Å². The van der Waals surface area contributed by atoms with Crippen LogP contribution in [0.3, 0.4) is 0 Å². The summed E-state index contributed by atoms with van der Waals surface area (Å²) in [6.07, 6.45) is 1.31. The van der Waals surface area contributed by atoms with Crippen LogP contribution in [-0.4, -0.2) is 24.0 Å². The molecule has 156 valence electrons. The normalized spacial score (nSPS) is 10.5. The van der Waals surface area contributed by atoms with Crippen LogP contribution in [0.2, 0.25) is 10.0 Å². The van der Waals surface area contributed by atoms with Gasteiger partial charge < -0.3 is 10.1 Å². The molecule has 0 aromatic heterocycles. The molecule has 2 amide bonds. The van der Waals surface area contributed by atoms with E-state index in [2.05, 4.69) is 15.8 Å². The van der Waals surface area contributed by atoms with Crippen molar-refractivity contribution in [2.45, 2.75) is 0 Å². The van der Waals surface area contributed by atoms with Crippen molar-refractivity contribution in [3.05, 3.63) is 94.0 Å². The number of hydrogen-bond donors (Lipinski definition) is 2. The lowest BCUT2D eigenvalue weighted by molar-refractivity contribution is -0.136. The van der Waals surface area contributed by atoms with E-state index < -0.39 is 17.8 Å². The average molecular weight is 456 g/mol. The lowest BCUT2D eigenvalue weighted by Gasteiger charge is -2.07. The fourth-order valence-electron chi connectivity index (χ4n) is 2.40. The molecule has 0 atom stereocenters. The molecule has 0 radical (unpaired) electrons. The van der Waals surface area contributed by atoms with Crippen molar-refractivity contribution in [3.8, 4) is 5.75 Å². The Morgan fingerprint density at radius 3 is 2.39 bits per heavy atom. The molecule has 0 fully saturated rings. The number of hydrazone groups is 1. The Morgan fingerprint density at radius 1 is 0.871 bits per heavy atom. The smallest absolute Gasteiger partial charge is 0.345 e. The minimum Gasteiger partial charge on any atom is -0.423 e. The fraction of sp³-hybridized carbons (Fsp3) is 0. The maximum atomic E-state index is 12.3. The number of nitrogens with zero attached hydrogens (tertiary/aromatic N) is 1. The van der Waals surface area contributed by atoms with E-state index in [0.29, 0.717) is 16.3 Å². The monoisotopic (exact) mass is 455 g/mol. The second-order valence-corrected chi connectivity index (χ2v) is 6.95. The third kappa shape index (κ3) is 6.40. The minimum absolute atomic E-state index is 0.168. The number of anilines is 1. The summed E-state index contributed by atoms with van der Waals surface area (Å²) in [7, 11) is 0. The number of carbonyl (C=O) groups is 3. The fourth-order valence-corrected chi connectivity index (χ4v) is 2.89. The van der Waals surface area contributed by atoms with Gasteiger partial charge in [-0.2, -0.15) is 5.10 Å². The van der Waals surface area contributed by atoms with E-state index >= 15 is 0 Å². The van der Waals surface area contributed by atoms with E-state index in [1.165, 1.54) is 30.5 Å². The highest BCUT2D eigenvalue weighted by atomic mass is 35.5. The van der Waals surface area contributed by atoms with Crippen LogP contribution in [0.5, 0.6) is 5.75 Å². The Morgan fingerprint density at radius 2 is 1.65 bits per heavy atom. The molecule has 0 unspecified atom stereocenters. The first-order chi connectivity index (χ1) is 14.9. The van der Waals surface area contributed by atoms with Crippen LogP contribution in [0.15, 0.2) is 77.9 Å². The molecule has 31 heavy (non-hydrogen) atoms. The van der Waals surface area contributed by atoms with Gasteiger partial charge in [0, 0.05) is 10.7 Å². The van der Waals surface area contributed by atoms with E-state index in [-0.39, 0.29) is 16.3 Å². The molecular weight excluding hydrogens is 441 g/mol. The average Bonchev–Trinajstić information content (AvgIpc) is 2.74. The van der Waals surface area contributed by atoms with Crippen molar-refractivity contribution in [2.75, 3.05) is 5.32 Å². The first kappa shape index (κ1) is 22.0. The van der Waals surface area contributed by atoms with Crippen molar-refractivity contribution in [1.29, 1.82) is 0 Å². The highest BCUT2D eigenvalue weighted by Crippen LogP contribution is 2.23. The summed E-state index contributed by atoms with van der Waals surface area (Å²) in [5.74, 6) is -2.19. The zero-order valence-corrected chi connectivity index (χ0v) is 17.4. The molecule has 3 aromatic carbocycles. The molecule has 0 spiro atoms. The largest absolute Gasteiger partial charge is 0.423 e. The summed E-state index contributed by atoms with van der Waals surface area (Å²) in [4.78, 5) is 36.0. The summed E-state index contributed by atoms with van der Waals surface area (Å²) in [5.41, 5.74) is 3.31. The van der Waals surface area contributed by atoms with E-state index in [4.69, 9.17) is 27.9 Å². The SMILES string of the molecule is O=C(N/N=C/c1cccc(OC(=O)c2ccc(Cl)cc2Cl)c1)C(=O)Nc1ccccc1. The number of amides is 2. The van der Waals surface area contributed by atoms with Crippen LogP contribution in [-0.2, 0) is 9.59 Å². The van der Waals surface area contributed by atoms with Crippen molar-refractivity contribution in [2.24, 2.45) is 5.10 Å². The van der Waals surface area contributed by atoms with Crippen LogP contribution in [0.25, 0.3) is 0 Å². The van der Waals surface area contributed by atoms with E-state index in [9.17, 15) is 14.4 Å². The van der Waals surface area contributed by atoms with Gasteiger partial charge in [0.05, 0.1) is 16.8 Å². The number of esters is 1. The molecule has 0 aliphatic heterocycles. The van der Waals surface area contributed by atoms with Gasteiger partial charge in [0.25, 0.3) is 0 Å². The second kappa shape index (κ2) is 10.4. The van der Waals surface area contributed by atoms with Crippen molar-refractivity contribution in [3.63, 3.8) is 0 Å². The highest BCUT2D eigenvalue weighted by molar-refractivity contribution is 6.39. The Labute approximate surface area is 187 Å². The number of benzene rings is 3. The first-order valence-electron chi connectivity index (χ1n) is 8.89. The zero-order chi connectivity index (χ0) is 22.2. The topological polar surface area (TPSA) is 96.9 Å². The minimum atomic E-state index is -0.930. The van der Waals surface area contributed by atoms with Gasteiger partial charge >= 0.3 is 17.8 Å². The van der Waals surface area contributed by atoms with Crippen LogP contribution in [0, 0.1) is 0 Å².